The first-order valence-electron chi connectivity index (χ1n) is 10.3. The van der Waals surface area contributed by atoms with Crippen molar-refractivity contribution < 1.29 is 14.7 Å². The Bertz CT molecular complexity index is 1410. The van der Waals surface area contributed by atoms with Gasteiger partial charge in [0.2, 0.25) is 0 Å². The van der Waals surface area contributed by atoms with E-state index in [2.05, 4.69) is 0 Å². The van der Waals surface area contributed by atoms with Gasteiger partial charge in [0, 0.05) is 22.7 Å². The molecular weight excluding hydrogens is 434 g/mol. The number of aliphatic imine (C=N–C) groups is 1. The van der Waals surface area contributed by atoms with Gasteiger partial charge in [-0.15, -0.1) is 0 Å². The number of amides is 1. The zero-order chi connectivity index (χ0) is 22.8. The number of para-hydroxylation sites is 3. The fourth-order valence-corrected chi connectivity index (χ4v) is 4.77. The summed E-state index contributed by atoms with van der Waals surface area (Å²) in [4.78, 5) is 31.7. The van der Waals surface area contributed by atoms with Crippen LogP contribution < -0.4 is 4.90 Å². The number of hydrogen-bond donors (Lipinski definition) is 1. The molecule has 6 nitrogen and oxygen atoms in total. The van der Waals surface area contributed by atoms with Gasteiger partial charge in [0.25, 0.3) is 5.91 Å². The summed E-state index contributed by atoms with van der Waals surface area (Å²) < 4.78 is 1.68. The minimum atomic E-state index is -0.922. The maximum absolute atomic E-state index is 13.5. The van der Waals surface area contributed by atoms with Crippen molar-refractivity contribution in [3.63, 3.8) is 0 Å². The van der Waals surface area contributed by atoms with Crippen LogP contribution in [0.4, 0.5) is 11.4 Å². The first kappa shape index (κ1) is 20.8. The van der Waals surface area contributed by atoms with Gasteiger partial charge >= 0.3 is 5.97 Å². The second-order valence-electron chi connectivity index (χ2n) is 7.44. The molecule has 162 valence electrons. The number of carboxylic acid groups (broad SMARTS) is 1. The zero-order valence-corrected chi connectivity index (χ0v) is 18.3. The number of carboxylic acids is 1. The predicted molar refractivity (Wildman–Crippen MR) is 133 cm³/mol. The maximum Gasteiger partial charge on any atom is 0.323 e. The van der Waals surface area contributed by atoms with Gasteiger partial charge in [0.05, 0.1) is 16.3 Å². The number of amidine groups is 1. The summed E-state index contributed by atoms with van der Waals surface area (Å²) in [6, 6.07) is 26.5. The second-order valence-corrected chi connectivity index (χ2v) is 8.45. The summed E-state index contributed by atoms with van der Waals surface area (Å²) in [6.45, 7) is -0.151. The lowest BCUT2D eigenvalue weighted by Gasteiger charge is -2.15. The quantitative estimate of drug-likeness (QED) is 0.403. The van der Waals surface area contributed by atoms with Crippen LogP contribution in [-0.4, -0.2) is 26.7 Å². The molecular formula is C26H19N3O3S. The summed E-state index contributed by atoms with van der Waals surface area (Å²) in [5.41, 5.74) is 3.09. The Morgan fingerprint density at radius 1 is 0.939 bits per heavy atom. The van der Waals surface area contributed by atoms with Crippen LogP contribution in [0.15, 0.2) is 101 Å². The third-order valence-corrected chi connectivity index (χ3v) is 6.18. The van der Waals surface area contributed by atoms with Gasteiger partial charge in [-0.1, -0.05) is 54.6 Å². The average molecular weight is 454 g/mol. The first-order valence-corrected chi connectivity index (χ1v) is 11.1. The number of fused-ring (bicyclic) bond motifs is 1. The highest BCUT2D eigenvalue weighted by Gasteiger charge is 2.35. The van der Waals surface area contributed by atoms with Crippen molar-refractivity contribution in [2.24, 2.45) is 4.99 Å². The van der Waals surface area contributed by atoms with Crippen LogP contribution in [0.3, 0.4) is 0 Å². The minimum Gasteiger partial charge on any atom is -0.480 e. The molecule has 0 unspecified atom stereocenters. The van der Waals surface area contributed by atoms with Crippen molar-refractivity contribution in [1.29, 1.82) is 0 Å². The van der Waals surface area contributed by atoms with Crippen LogP contribution in [0.5, 0.6) is 0 Å². The molecule has 0 radical (unpaired) electrons. The number of aliphatic carboxylic acids is 1. The molecule has 0 bridgehead atoms. The van der Waals surface area contributed by atoms with Crippen molar-refractivity contribution in [2.45, 2.75) is 6.54 Å². The lowest BCUT2D eigenvalue weighted by Crippen LogP contribution is -2.28. The molecule has 1 amide bonds. The molecule has 1 fully saturated rings. The molecule has 0 saturated carbocycles. The van der Waals surface area contributed by atoms with E-state index in [1.165, 1.54) is 11.8 Å². The summed E-state index contributed by atoms with van der Waals surface area (Å²) >= 11 is 1.31. The van der Waals surface area contributed by atoms with Gasteiger partial charge in [-0.2, -0.15) is 0 Å². The molecule has 1 N–H and O–H groups in total. The third-order valence-electron chi connectivity index (χ3n) is 5.21. The Labute approximate surface area is 194 Å². The van der Waals surface area contributed by atoms with Crippen molar-refractivity contribution >= 4 is 57.2 Å². The van der Waals surface area contributed by atoms with E-state index in [4.69, 9.17) is 4.99 Å². The molecule has 1 aliphatic rings. The number of thioether (sulfide) groups is 1. The summed E-state index contributed by atoms with van der Waals surface area (Å²) in [6.07, 6.45) is 3.59. The number of benzene rings is 3. The molecule has 0 atom stereocenters. The number of carbonyl (C=O) groups is 2. The van der Waals surface area contributed by atoms with E-state index in [9.17, 15) is 14.7 Å². The van der Waals surface area contributed by atoms with E-state index in [0.29, 0.717) is 10.1 Å². The number of aromatic nitrogens is 1. The Morgan fingerprint density at radius 2 is 1.61 bits per heavy atom. The average Bonchev–Trinajstić information content (AvgIpc) is 3.32. The molecule has 3 aromatic carbocycles. The summed E-state index contributed by atoms with van der Waals surface area (Å²) in [5, 5.41) is 10.7. The SMILES string of the molecule is O=C(O)Cn1cc(/C=C2/SC(=Nc3ccccc3)N(c3ccccc3)C2=O)c2ccccc21. The van der Waals surface area contributed by atoms with Crippen LogP contribution in [0.25, 0.3) is 17.0 Å². The van der Waals surface area contributed by atoms with Crippen LogP contribution >= 0.6 is 11.8 Å². The number of anilines is 1. The fraction of sp³-hybridized carbons (Fsp3) is 0.0385. The maximum atomic E-state index is 13.5. The van der Waals surface area contributed by atoms with Crippen LogP contribution in [-0.2, 0) is 16.1 Å². The molecule has 5 rings (SSSR count). The number of carbonyl (C=O) groups excluding carboxylic acids is 1. The Morgan fingerprint density at radius 3 is 2.33 bits per heavy atom. The van der Waals surface area contributed by atoms with E-state index in [0.717, 1.165) is 27.8 Å². The largest absolute Gasteiger partial charge is 0.480 e. The highest BCUT2D eigenvalue weighted by molar-refractivity contribution is 8.19. The molecule has 1 aliphatic heterocycles. The third kappa shape index (κ3) is 4.18. The molecule has 0 aliphatic carbocycles. The van der Waals surface area contributed by atoms with Crippen molar-refractivity contribution in [3.05, 3.63) is 102 Å². The summed E-state index contributed by atoms with van der Waals surface area (Å²) in [5.74, 6) is -1.09. The Kier molecular flexibility index (Phi) is 5.54. The Balaban J connectivity index is 1.60. The highest BCUT2D eigenvalue weighted by Crippen LogP contribution is 2.38. The van der Waals surface area contributed by atoms with E-state index in [-0.39, 0.29) is 12.5 Å². The van der Waals surface area contributed by atoms with Gasteiger partial charge < -0.3 is 9.67 Å². The van der Waals surface area contributed by atoms with Crippen LogP contribution in [0.1, 0.15) is 5.56 Å². The van der Waals surface area contributed by atoms with E-state index < -0.39 is 5.97 Å². The highest BCUT2D eigenvalue weighted by atomic mass is 32.2. The summed E-state index contributed by atoms with van der Waals surface area (Å²) in [7, 11) is 0. The number of nitrogens with zero attached hydrogens (tertiary/aromatic N) is 3. The van der Waals surface area contributed by atoms with Crippen molar-refractivity contribution in [3.8, 4) is 0 Å². The molecule has 7 heteroatoms. The molecule has 1 aromatic heterocycles. The molecule has 0 spiro atoms. The minimum absolute atomic E-state index is 0.151. The number of hydrogen-bond acceptors (Lipinski definition) is 4. The second kappa shape index (κ2) is 8.80. The van der Waals surface area contributed by atoms with E-state index >= 15 is 0 Å². The van der Waals surface area contributed by atoms with Gasteiger partial charge in [-0.25, -0.2) is 4.99 Å². The van der Waals surface area contributed by atoms with Gasteiger partial charge in [-0.05, 0) is 48.2 Å². The fourth-order valence-electron chi connectivity index (χ4n) is 3.77. The standard InChI is InChI=1S/C26H19N3O3S/c30-24(31)17-28-16-18(21-13-7-8-14-22(21)28)15-23-25(32)29(20-11-5-2-6-12-20)26(33-23)27-19-9-3-1-4-10-19/h1-16H,17H2,(H,30,31)/b23-15+,27-26?. The zero-order valence-electron chi connectivity index (χ0n) is 17.5. The molecule has 4 aromatic rings. The van der Waals surface area contributed by atoms with Crippen LogP contribution in [0.2, 0.25) is 0 Å². The van der Waals surface area contributed by atoms with Gasteiger partial charge in [0.15, 0.2) is 5.17 Å². The van der Waals surface area contributed by atoms with Crippen molar-refractivity contribution in [1.82, 2.24) is 4.57 Å². The van der Waals surface area contributed by atoms with Gasteiger partial charge in [0.1, 0.15) is 6.54 Å². The van der Waals surface area contributed by atoms with Gasteiger partial charge in [-0.3, -0.25) is 14.5 Å². The number of rotatable bonds is 5. The Hall–Kier alpha value is -4.10. The van der Waals surface area contributed by atoms with Crippen molar-refractivity contribution in [2.75, 3.05) is 4.90 Å². The topological polar surface area (TPSA) is 74.9 Å². The molecule has 1 saturated heterocycles. The van der Waals surface area contributed by atoms with E-state index in [1.807, 2.05) is 91.0 Å². The molecule has 33 heavy (non-hydrogen) atoms. The lowest BCUT2D eigenvalue weighted by molar-refractivity contribution is -0.137. The normalized spacial score (nSPS) is 16.2. The smallest absolute Gasteiger partial charge is 0.323 e. The lowest BCUT2D eigenvalue weighted by atomic mass is 10.1. The van der Waals surface area contributed by atoms with E-state index in [1.54, 1.807) is 15.7 Å². The predicted octanol–water partition coefficient (Wildman–Crippen LogP) is 5.53. The first-order chi connectivity index (χ1) is 16.1. The molecule has 2 heterocycles. The monoisotopic (exact) mass is 453 g/mol. The van der Waals surface area contributed by atoms with Crippen LogP contribution in [0, 0.1) is 0 Å².